The fourth-order valence-electron chi connectivity index (χ4n) is 4.40. The van der Waals surface area contributed by atoms with Gasteiger partial charge in [-0.3, -0.25) is 14.4 Å². The van der Waals surface area contributed by atoms with E-state index in [-0.39, 0.29) is 18.2 Å². The van der Waals surface area contributed by atoms with Crippen LogP contribution in [0.5, 0.6) is 0 Å². The van der Waals surface area contributed by atoms with E-state index >= 15 is 0 Å². The quantitative estimate of drug-likeness (QED) is 0.438. The second-order valence-electron chi connectivity index (χ2n) is 9.31. The number of carboxylic acids is 1. The van der Waals surface area contributed by atoms with Crippen molar-refractivity contribution in [3.63, 3.8) is 0 Å². The highest BCUT2D eigenvalue weighted by Gasteiger charge is 2.37. The van der Waals surface area contributed by atoms with Gasteiger partial charge in [-0.15, -0.1) is 6.58 Å². The lowest BCUT2D eigenvalue weighted by Crippen LogP contribution is -2.55. The van der Waals surface area contributed by atoms with Crippen molar-refractivity contribution in [2.75, 3.05) is 0 Å². The molecule has 31 heavy (non-hydrogen) atoms. The zero-order valence-corrected chi connectivity index (χ0v) is 18.7. The second kappa shape index (κ2) is 11.7. The van der Waals surface area contributed by atoms with Gasteiger partial charge >= 0.3 is 5.97 Å². The number of allylic oxidation sites excluding steroid dienone is 1. The summed E-state index contributed by atoms with van der Waals surface area (Å²) in [4.78, 5) is 37.6. The van der Waals surface area contributed by atoms with Gasteiger partial charge < -0.3 is 15.7 Å². The molecular weight excluding hydrogens is 392 g/mol. The van der Waals surface area contributed by atoms with E-state index in [1.165, 1.54) is 0 Å². The fourth-order valence-corrected chi connectivity index (χ4v) is 4.40. The Morgan fingerprint density at radius 3 is 2.39 bits per heavy atom. The summed E-state index contributed by atoms with van der Waals surface area (Å²) in [7, 11) is 0. The predicted octanol–water partition coefficient (Wildman–Crippen LogP) is 4.06. The number of amides is 2. The van der Waals surface area contributed by atoms with Gasteiger partial charge in [-0.1, -0.05) is 75.9 Å². The van der Waals surface area contributed by atoms with Crippen LogP contribution in [0.4, 0.5) is 0 Å². The molecule has 0 bridgehead atoms. The fraction of sp³-hybridized carbons (Fsp3) is 0.560. The van der Waals surface area contributed by atoms with Crippen LogP contribution < -0.4 is 10.6 Å². The van der Waals surface area contributed by atoms with Crippen LogP contribution in [0.2, 0.25) is 0 Å². The van der Waals surface area contributed by atoms with Crippen molar-refractivity contribution < 1.29 is 19.5 Å². The van der Waals surface area contributed by atoms with Crippen molar-refractivity contribution in [1.82, 2.24) is 10.6 Å². The zero-order chi connectivity index (χ0) is 22.9. The maximum absolute atomic E-state index is 13.1. The maximum Gasteiger partial charge on any atom is 0.304 e. The van der Waals surface area contributed by atoms with Crippen LogP contribution in [-0.4, -0.2) is 28.9 Å². The minimum atomic E-state index is -0.992. The Morgan fingerprint density at radius 1 is 1.16 bits per heavy atom. The highest BCUT2D eigenvalue weighted by molar-refractivity contribution is 5.90. The van der Waals surface area contributed by atoms with Crippen molar-refractivity contribution in [2.45, 2.75) is 71.4 Å². The van der Waals surface area contributed by atoms with Crippen LogP contribution in [0.15, 0.2) is 43.0 Å². The molecule has 1 saturated carbocycles. The molecule has 0 saturated heterocycles. The molecule has 2 amide bonds. The number of carbonyl (C=O) groups excluding carboxylic acids is 2. The van der Waals surface area contributed by atoms with Gasteiger partial charge in [-0.2, -0.15) is 0 Å². The smallest absolute Gasteiger partial charge is 0.304 e. The Kier molecular flexibility index (Phi) is 9.28. The van der Waals surface area contributed by atoms with E-state index < -0.39 is 23.3 Å². The van der Waals surface area contributed by atoms with Gasteiger partial charge in [0.15, 0.2) is 0 Å². The molecule has 1 aliphatic rings. The highest BCUT2D eigenvalue weighted by Crippen LogP contribution is 2.32. The molecule has 0 heterocycles. The van der Waals surface area contributed by atoms with E-state index in [1.54, 1.807) is 6.08 Å². The van der Waals surface area contributed by atoms with Crippen LogP contribution in [-0.2, 0) is 20.9 Å². The van der Waals surface area contributed by atoms with E-state index in [1.807, 2.05) is 44.2 Å². The van der Waals surface area contributed by atoms with Crippen LogP contribution in [0.1, 0.15) is 64.4 Å². The van der Waals surface area contributed by atoms with Crippen LogP contribution in [0.3, 0.4) is 0 Å². The van der Waals surface area contributed by atoms with Gasteiger partial charge in [0, 0.05) is 12.5 Å². The molecule has 1 aromatic carbocycles. The number of rotatable bonds is 12. The molecular formula is C25H36N2O4. The third kappa shape index (κ3) is 7.85. The van der Waals surface area contributed by atoms with Gasteiger partial charge in [-0.25, -0.2) is 0 Å². The standard InChI is InChI=1S/C25H36N2O4/c1-4-14-25(2,3)22(24(31)26-17-19-12-6-5-7-13-19)27-23(30)20(16-21(28)29)15-18-10-8-9-11-18/h4-7,12-13,18,20,22H,1,8-11,14-17H2,2-3H3,(H,26,31)(H,27,30)(H,28,29)/t20-,22?/m0/s1. The molecule has 2 atom stereocenters. The van der Waals surface area contributed by atoms with Crippen LogP contribution in [0, 0.1) is 17.3 Å². The molecule has 0 aliphatic heterocycles. The van der Waals surface area contributed by atoms with Crippen molar-refractivity contribution in [3.8, 4) is 0 Å². The number of hydrogen-bond donors (Lipinski definition) is 3. The van der Waals surface area contributed by atoms with Gasteiger partial charge in [-0.05, 0) is 29.7 Å². The molecule has 1 aliphatic carbocycles. The molecule has 0 aromatic heterocycles. The van der Waals surface area contributed by atoms with Crippen molar-refractivity contribution in [2.24, 2.45) is 17.3 Å². The Labute approximate surface area is 185 Å². The molecule has 0 spiro atoms. The molecule has 6 nitrogen and oxygen atoms in total. The largest absolute Gasteiger partial charge is 0.481 e. The maximum atomic E-state index is 13.1. The number of carboxylic acid groups (broad SMARTS) is 1. The van der Waals surface area contributed by atoms with Gasteiger partial charge in [0.25, 0.3) is 0 Å². The lowest BCUT2D eigenvalue weighted by molar-refractivity contribution is -0.142. The zero-order valence-electron chi connectivity index (χ0n) is 18.7. The lowest BCUT2D eigenvalue weighted by Gasteiger charge is -2.34. The molecule has 6 heteroatoms. The monoisotopic (exact) mass is 428 g/mol. The number of hydrogen-bond acceptors (Lipinski definition) is 3. The first-order valence-corrected chi connectivity index (χ1v) is 11.2. The second-order valence-corrected chi connectivity index (χ2v) is 9.31. The highest BCUT2D eigenvalue weighted by atomic mass is 16.4. The molecule has 170 valence electrons. The Morgan fingerprint density at radius 2 is 1.81 bits per heavy atom. The van der Waals surface area contributed by atoms with Crippen LogP contribution in [0.25, 0.3) is 0 Å². The normalized spacial score (nSPS) is 16.3. The topological polar surface area (TPSA) is 95.5 Å². The summed E-state index contributed by atoms with van der Waals surface area (Å²) in [6, 6.07) is 8.78. The number of benzene rings is 1. The Hall–Kier alpha value is -2.63. The molecule has 0 radical (unpaired) electrons. The van der Waals surface area contributed by atoms with Crippen molar-refractivity contribution in [1.29, 1.82) is 0 Å². The van der Waals surface area contributed by atoms with Crippen molar-refractivity contribution >= 4 is 17.8 Å². The SMILES string of the molecule is C=CCC(C)(C)C(NC(=O)[C@H](CC(=O)O)CC1CCCC1)C(=O)NCc1ccccc1. The summed E-state index contributed by atoms with van der Waals surface area (Å²) in [5.41, 5.74) is 0.395. The predicted molar refractivity (Wildman–Crippen MR) is 121 cm³/mol. The summed E-state index contributed by atoms with van der Waals surface area (Å²) in [6.07, 6.45) is 6.92. The third-order valence-corrected chi connectivity index (χ3v) is 6.19. The summed E-state index contributed by atoms with van der Waals surface area (Å²) < 4.78 is 0. The summed E-state index contributed by atoms with van der Waals surface area (Å²) in [6.45, 7) is 7.95. The minimum absolute atomic E-state index is 0.220. The average molecular weight is 429 g/mol. The van der Waals surface area contributed by atoms with E-state index in [2.05, 4.69) is 17.2 Å². The minimum Gasteiger partial charge on any atom is -0.481 e. The van der Waals surface area contributed by atoms with Gasteiger partial charge in [0.2, 0.25) is 11.8 Å². The molecule has 1 aromatic rings. The Balaban J connectivity index is 2.13. The van der Waals surface area contributed by atoms with Gasteiger partial charge in [0.1, 0.15) is 6.04 Å². The molecule has 2 rings (SSSR count). The molecule has 1 unspecified atom stereocenters. The summed E-state index contributed by atoms with van der Waals surface area (Å²) >= 11 is 0. The summed E-state index contributed by atoms with van der Waals surface area (Å²) in [5, 5.41) is 15.1. The average Bonchev–Trinajstić information content (AvgIpc) is 3.23. The van der Waals surface area contributed by atoms with E-state index in [4.69, 9.17) is 0 Å². The number of aliphatic carboxylic acids is 1. The van der Waals surface area contributed by atoms with Crippen LogP contribution >= 0.6 is 0 Å². The first-order valence-electron chi connectivity index (χ1n) is 11.2. The molecule has 3 N–H and O–H groups in total. The lowest BCUT2D eigenvalue weighted by atomic mass is 9.80. The number of carbonyl (C=O) groups is 3. The first-order chi connectivity index (χ1) is 14.7. The number of nitrogens with one attached hydrogen (secondary N) is 2. The van der Waals surface area contributed by atoms with E-state index in [0.29, 0.717) is 25.3 Å². The van der Waals surface area contributed by atoms with Gasteiger partial charge in [0.05, 0.1) is 6.42 Å². The molecule has 1 fully saturated rings. The third-order valence-electron chi connectivity index (χ3n) is 6.19. The van der Waals surface area contributed by atoms with E-state index in [9.17, 15) is 19.5 Å². The van der Waals surface area contributed by atoms with Crippen molar-refractivity contribution in [3.05, 3.63) is 48.6 Å². The summed E-state index contributed by atoms with van der Waals surface area (Å²) in [5.74, 6) is -1.88. The Bertz CT molecular complexity index is 754. The van der Waals surface area contributed by atoms with E-state index in [0.717, 1.165) is 31.2 Å². The first kappa shape index (κ1) is 24.6.